The van der Waals surface area contributed by atoms with Gasteiger partial charge in [0, 0.05) is 190 Å². The molecule has 8 aromatic heterocycles. The number of oxazole rings is 1. The average Bonchev–Trinajstić information content (AvgIpc) is 1.60. The second-order valence-electron chi connectivity index (χ2n) is 26.3. The van der Waals surface area contributed by atoms with Crippen LogP contribution in [0.4, 0.5) is 30.7 Å². The molecule has 0 bridgehead atoms. The molecule has 0 fully saturated rings. The number of thiocarbonyl (C=S) groups is 1. The second-order valence-corrected chi connectivity index (χ2v) is 29.0. The number of alkyl halides is 3. The topological polar surface area (TPSA) is 236 Å². The smallest absolute Gasteiger partial charge is 0.381 e. The molecule has 30 heteroatoms. The van der Waals surface area contributed by atoms with E-state index in [2.05, 4.69) is 186 Å². The summed E-state index contributed by atoms with van der Waals surface area (Å²) in [4.78, 5) is 48.4. The molecule has 17 rings (SSSR count). The third-order valence-corrected chi connectivity index (χ3v) is 19.5. The Labute approximate surface area is 841 Å². The summed E-state index contributed by atoms with van der Waals surface area (Å²) in [6, 6.07) is 109. The van der Waals surface area contributed by atoms with E-state index in [1.807, 2.05) is 115 Å². The summed E-state index contributed by atoms with van der Waals surface area (Å²) in [5.74, 6) is -1.36. The zero-order valence-electron chi connectivity index (χ0n) is 71.1. The third-order valence-electron chi connectivity index (χ3n) is 16.8. The predicted octanol–water partition coefficient (Wildman–Crippen LogP) is 23.8. The summed E-state index contributed by atoms with van der Waals surface area (Å²) in [5, 5.41) is 37.0. The molecular weight excluding hydrogens is 2630 g/mol. The number of carbonyl (C=O) groups excluding carboxylic acids is 1. The van der Waals surface area contributed by atoms with E-state index in [4.69, 9.17) is 24.8 Å². The van der Waals surface area contributed by atoms with E-state index in [0.29, 0.717) is 34.1 Å². The summed E-state index contributed by atoms with van der Waals surface area (Å²) in [7, 11) is -0.877. The normalized spacial score (nSPS) is 9.82. The van der Waals surface area contributed by atoms with Crippen molar-refractivity contribution in [3.63, 3.8) is 0 Å². The average molecular weight is 2710 g/mol. The number of allylic oxidation sites excluding steroid dienone is 2. The quantitative estimate of drug-likeness (QED) is 0.0134. The van der Waals surface area contributed by atoms with E-state index in [1.165, 1.54) is 53.3 Å². The number of carbonyl (C=O) groups is 2. The molecule has 691 valence electrons. The molecule has 0 saturated carbocycles. The Balaban J connectivity index is 0.000000386. The van der Waals surface area contributed by atoms with Crippen LogP contribution in [0, 0.1) is 60.5 Å². The minimum absolute atomic E-state index is 0. The van der Waals surface area contributed by atoms with Crippen molar-refractivity contribution >= 4 is 53.0 Å². The summed E-state index contributed by atoms with van der Waals surface area (Å²) in [6.07, 6.45) is 12.1. The van der Waals surface area contributed by atoms with Crippen LogP contribution in [0.5, 0.6) is 5.75 Å². The van der Waals surface area contributed by atoms with Crippen LogP contribution in [0.2, 0.25) is 0 Å². The number of aromatic nitrogens is 9. The number of unbranched alkanes of at least 4 members (excludes halogenated alkanes) is 1. The third kappa shape index (κ3) is 41.6. The molecule has 0 atom stereocenters. The van der Waals surface area contributed by atoms with E-state index >= 15 is 0 Å². The van der Waals surface area contributed by atoms with Gasteiger partial charge < -0.3 is 54.9 Å². The number of hydrogen-bond donors (Lipinski definition) is 2. The van der Waals surface area contributed by atoms with Crippen molar-refractivity contribution in [3.05, 3.63) is 453 Å². The Bertz CT molecular complexity index is 5920. The van der Waals surface area contributed by atoms with Gasteiger partial charge in [0.15, 0.2) is 5.78 Å². The van der Waals surface area contributed by atoms with E-state index in [9.17, 15) is 40.3 Å². The Morgan fingerprint density at radius 1 is 0.496 bits per heavy atom. The van der Waals surface area contributed by atoms with Crippen molar-refractivity contribution in [1.29, 1.82) is 0 Å². The number of benzene rings is 9. The molecule has 8 heterocycles. The number of pyridine rings is 6. The number of ether oxygens (including phenoxy) is 1. The van der Waals surface area contributed by atoms with E-state index < -0.39 is 48.9 Å². The molecule has 0 aliphatic carbocycles. The predicted molar refractivity (Wildman–Crippen MR) is 492 cm³/mol. The van der Waals surface area contributed by atoms with Crippen LogP contribution in [0.3, 0.4) is 0 Å². The van der Waals surface area contributed by atoms with Crippen LogP contribution < -0.4 is 25.7 Å². The number of carboxylic acids is 1. The fourth-order valence-corrected chi connectivity index (χ4v) is 13.6. The molecule has 17 aromatic rings. The van der Waals surface area contributed by atoms with Crippen LogP contribution in [-0.4, -0.2) is 73.7 Å². The molecule has 2 N–H and O–H groups in total. The standard InChI is InChI=1S/C18H15P.C15H10NO.C15H16NO.C13H9F3N.2C11H6F2N.C8H6N3.C6H5NO2.C5H8O2.CNS.5Ir/c1-4-10-16(11-5-1)19(17-12-6-2-7-13-17)18-14-8-3-9-15-18;1-3-7-12(8-4-1)14-11-16-15(17-14)13-9-5-2-6-10-13;1-2-3-11-17-14-8-6-7-13(12-14)15-9-4-5-10-16-15;1-9-8-10(13(14,15)16)5-6-11(9)12-4-2-3-7-17-12;2*12-8-4-5-9(10(13)7-8)11-3-1-2-6-14-11;1-2-5-9-7(3-1)8-4-6-10-11-8;8-6(9)5-3-1-2-4-7-5;1-4(6)3-5(2)7;2-1-3;;;;;/h1-15H;1-9,11H;4-6,8-10,12H,2-3,11H2,1H3;2-5,7-8H,1H3;2*1-4,6-7H;1-6H;1-4H,(H,8,9);3,6H,1-2H3;;;;;;/q;6*-1;;;-1;;;;;/p+1. The molecule has 0 spiro atoms. The van der Waals surface area contributed by atoms with Crippen molar-refractivity contribution in [2.75, 3.05) is 6.61 Å². The van der Waals surface area contributed by atoms with Gasteiger partial charge >= 0.3 is 12.1 Å². The summed E-state index contributed by atoms with van der Waals surface area (Å²) in [5.41, 5.74) is 7.89. The number of rotatable bonds is 16. The van der Waals surface area contributed by atoms with Gasteiger partial charge in [0.25, 0.3) is 0 Å². The minimum atomic E-state index is -4.33. The number of isothiocyanates is 1. The number of ketones is 1. The van der Waals surface area contributed by atoms with Crippen molar-refractivity contribution in [2.45, 2.75) is 46.7 Å². The number of aryl methyl sites for hydroxylation is 1. The minimum Gasteiger partial charge on any atom is -0.753 e. The SMILES string of the molecule is CC(=O)C=C(C)O.CCCCOc1cc[c-]c(-c2ccccn2)c1.Cc1cc(C(F)(F)F)c[c-]c1-c1ccccn1.Fc1c[c-]c(-c2ccccn2)c(F)c1.Fc1c[c-]c(-c2ccccn2)c(F)c1.O=C(O)c1ccccn1.[Ir].[Ir].[Ir].[Ir].[Ir].[N-]=C=S.[c-]1ccccc1-c1ncc(-c2ccccc2)o1.c1ccc(-c2ccn[n-]2)nc1.c1ccc([PH+](c2ccccc2)c2ccccc2)cc1. The van der Waals surface area contributed by atoms with Gasteiger partial charge in [-0.05, 0) is 134 Å². The molecule has 0 aliphatic rings. The van der Waals surface area contributed by atoms with E-state index in [1.54, 1.807) is 117 Å². The zero-order valence-corrected chi connectivity index (χ0v) is 84.9. The first kappa shape index (κ1) is 115. The number of carboxylic acid groups (broad SMARTS) is 1. The van der Waals surface area contributed by atoms with Gasteiger partial charge in [-0.1, -0.05) is 219 Å². The molecule has 0 saturated heterocycles. The van der Waals surface area contributed by atoms with Gasteiger partial charge in [-0.25, -0.2) is 9.78 Å². The number of halogens is 7. The summed E-state index contributed by atoms with van der Waals surface area (Å²) in [6.45, 7) is 7.39. The zero-order chi connectivity index (χ0) is 91.5. The molecular formula is C103H82F7Ir5N10O6PS-6. The van der Waals surface area contributed by atoms with E-state index in [-0.39, 0.29) is 129 Å². The van der Waals surface area contributed by atoms with Gasteiger partial charge in [-0.2, -0.15) is 18.3 Å². The Morgan fingerprint density at radius 2 is 0.925 bits per heavy atom. The molecule has 0 aliphatic heterocycles. The Kier molecular flexibility index (Phi) is 55.8. The van der Waals surface area contributed by atoms with Crippen molar-refractivity contribution in [2.24, 2.45) is 0 Å². The fourth-order valence-electron chi connectivity index (χ4n) is 11.0. The van der Waals surface area contributed by atoms with Gasteiger partial charge in [-0.15, -0.1) is 114 Å². The largest absolute Gasteiger partial charge is 0.753 e. The summed E-state index contributed by atoms with van der Waals surface area (Å²) < 4.78 is 100. The number of aromatic carboxylic acids is 1. The van der Waals surface area contributed by atoms with Crippen LogP contribution in [0.25, 0.3) is 84.6 Å². The molecule has 16 nitrogen and oxygen atoms in total. The molecule has 0 amide bonds. The Morgan fingerprint density at radius 3 is 1.30 bits per heavy atom. The monoisotopic (exact) mass is 2720 g/mol. The number of aliphatic hydroxyl groups is 1. The van der Waals surface area contributed by atoms with Gasteiger partial charge in [0.05, 0.1) is 26.5 Å². The van der Waals surface area contributed by atoms with Crippen LogP contribution >= 0.6 is 20.1 Å². The molecule has 0 unspecified atom stereocenters. The van der Waals surface area contributed by atoms with E-state index in [0.717, 1.165) is 101 Å². The first-order chi connectivity index (χ1) is 62.1. The number of hydrogen-bond acceptors (Lipinski definition) is 14. The van der Waals surface area contributed by atoms with Crippen molar-refractivity contribution in [3.8, 4) is 84.9 Å². The first-order valence-corrected chi connectivity index (χ1v) is 41.1. The first-order valence-electron chi connectivity index (χ1n) is 39.2. The second kappa shape index (κ2) is 64.6. The van der Waals surface area contributed by atoms with Gasteiger partial charge in [0.1, 0.15) is 33.3 Å². The van der Waals surface area contributed by atoms with Crippen LogP contribution in [0.1, 0.15) is 55.2 Å². The van der Waals surface area contributed by atoms with Gasteiger partial charge in [-0.3, -0.25) is 32.3 Å². The fraction of sp³-hybridized carbons (Fsp3) is 0.0777. The molecule has 5 radical (unpaired) electrons. The van der Waals surface area contributed by atoms with Gasteiger partial charge in [0.2, 0.25) is 0 Å². The molecule has 133 heavy (non-hydrogen) atoms. The maximum absolute atomic E-state index is 13.2. The maximum Gasteiger partial charge on any atom is 0.381 e. The van der Waals surface area contributed by atoms with Crippen molar-refractivity contribution in [1.82, 2.24) is 45.1 Å². The van der Waals surface area contributed by atoms with Crippen LogP contribution in [-0.2, 0) is 111 Å². The maximum atomic E-state index is 13.2. The summed E-state index contributed by atoms with van der Waals surface area (Å²) >= 11 is 3.70. The van der Waals surface area contributed by atoms with Crippen LogP contribution in [0.15, 0.2) is 381 Å². The van der Waals surface area contributed by atoms with Crippen molar-refractivity contribution < 1.29 is 160 Å². The number of nitrogens with zero attached hydrogens (tertiary/aromatic N) is 10. The molecule has 9 aromatic carbocycles. The number of aliphatic hydroxyl groups excluding tert-OH is 1. The Hall–Kier alpha value is -12.2.